The Balaban J connectivity index is 1.47. The van der Waals surface area contributed by atoms with Crippen molar-refractivity contribution in [3.05, 3.63) is 71.3 Å². The monoisotopic (exact) mass is 461 g/mol. The molecule has 0 spiro atoms. The number of unbranched alkanes of at least 4 members (excludes halogenated alkanes) is 5. The van der Waals surface area contributed by atoms with Crippen molar-refractivity contribution in [3.63, 3.8) is 0 Å². The molecule has 174 valence electrons. The van der Waals surface area contributed by atoms with Crippen LogP contribution in [0, 0.1) is 0 Å². The van der Waals surface area contributed by atoms with Crippen molar-refractivity contribution in [2.75, 3.05) is 5.32 Å². The molecule has 5 heteroatoms. The predicted octanol–water partition coefficient (Wildman–Crippen LogP) is 7.71. The van der Waals surface area contributed by atoms with Gasteiger partial charge in [0.1, 0.15) is 5.01 Å². The molecule has 3 aromatic rings. The number of rotatable bonds is 13. The second kappa shape index (κ2) is 13.7. The molecule has 3 rings (SSSR count). The maximum absolute atomic E-state index is 12.3. The van der Waals surface area contributed by atoms with E-state index in [1.54, 1.807) is 6.08 Å². The van der Waals surface area contributed by atoms with Crippen LogP contribution in [0.1, 0.15) is 75.5 Å². The highest BCUT2D eigenvalue weighted by Gasteiger charge is 2.08. The van der Waals surface area contributed by atoms with Crippen LogP contribution in [0.2, 0.25) is 0 Å². The molecule has 0 radical (unpaired) electrons. The number of carbonyl (C=O) groups is 1. The molecule has 0 aliphatic rings. The van der Waals surface area contributed by atoms with Gasteiger partial charge >= 0.3 is 0 Å². The van der Waals surface area contributed by atoms with E-state index >= 15 is 0 Å². The molecule has 1 amide bonds. The normalized spacial score (nSPS) is 11.2. The van der Waals surface area contributed by atoms with E-state index in [2.05, 4.69) is 77.9 Å². The molecule has 4 nitrogen and oxygen atoms in total. The number of hydrogen-bond acceptors (Lipinski definition) is 4. The van der Waals surface area contributed by atoms with Gasteiger partial charge in [-0.2, -0.15) is 0 Å². The maximum Gasteiger partial charge on any atom is 0.250 e. The first-order chi connectivity index (χ1) is 16.2. The summed E-state index contributed by atoms with van der Waals surface area (Å²) in [6.07, 6.45) is 14.5. The van der Waals surface area contributed by atoms with Crippen LogP contribution in [0.5, 0.6) is 0 Å². The lowest BCUT2D eigenvalue weighted by Gasteiger charge is -2.02. The topological polar surface area (TPSA) is 54.9 Å². The van der Waals surface area contributed by atoms with Crippen LogP contribution in [0.3, 0.4) is 0 Å². The lowest BCUT2D eigenvalue weighted by atomic mass is 10.0. The summed E-state index contributed by atoms with van der Waals surface area (Å²) in [5, 5.41) is 12.5. The number of amides is 1. The minimum atomic E-state index is -0.201. The number of aromatic nitrogens is 2. The Morgan fingerprint density at radius 2 is 1.45 bits per heavy atom. The van der Waals surface area contributed by atoms with Crippen LogP contribution < -0.4 is 5.32 Å². The third kappa shape index (κ3) is 8.58. The van der Waals surface area contributed by atoms with Crippen molar-refractivity contribution in [1.82, 2.24) is 10.2 Å². The summed E-state index contributed by atoms with van der Waals surface area (Å²) >= 11 is 1.39. The highest BCUT2D eigenvalue weighted by atomic mass is 32.1. The Labute approximate surface area is 202 Å². The van der Waals surface area contributed by atoms with E-state index in [0.29, 0.717) is 5.13 Å². The first-order valence-corrected chi connectivity index (χ1v) is 13.0. The van der Waals surface area contributed by atoms with Gasteiger partial charge in [-0.25, -0.2) is 0 Å². The molecular weight excluding hydrogens is 426 g/mol. The van der Waals surface area contributed by atoms with Crippen molar-refractivity contribution in [2.45, 2.75) is 71.6 Å². The van der Waals surface area contributed by atoms with E-state index in [1.165, 1.54) is 67.4 Å². The summed E-state index contributed by atoms with van der Waals surface area (Å²) in [5.74, 6) is -0.201. The van der Waals surface area contributed by atoms with Gasteiger partial charge in [-0.05, 0) is 48.4 Å². The summed E-state index contributed by atoms with van der Waals surface area (Å²) in [7, 11) is 0. The van der Waals surface area contributed by atoms with E-state index in [-0.39, 0.29) is 5.91 Å². The summed E-state index contributed by atoms with van der Waals surface area (Å²) in [6.45, 7) is 4.44. The summed E-state index contributed by atoms with van der Waals surface area (Å²) < 4.78 is 0. The minimum absolute atomic E-state index is 0.201. The molecule has 0 fully saturated rings. The van der Waals surface area contributed by atoms with Gasteiger partial charge in [0, 0.05) is 11.6 Å². The zero-order valence-electron chi connectivity index (χ0n) is 19.8. The number of nitrogens with zero attached hydrogens (tertiary/aromatic N) is 2. The van der Waals surface area contributed by atoms with E-state index < -0.39 is 0 Å². The molecular formula is C28H35N3OS. The first kappa shape index (κ1) is 24.8. The van der Waals surface area contributed by atoms with Crippen molar-refractivity contribution in [3.8, 4) is 10.6 Å². The Bertz CT molecular complexity index is 1010. The van der Waals surface area contributed by atoms with E-state index in [9.17, 15) is 4.79 Å². The van der Waals surface area contributed by atoms with Gasteiger partial charge in [-0.1, -0.05) is 106 Å². The van der Waals surface area contributed by atoms with Crippen LogP contribution in [0.15, 0.2) is 54.6 Å². The molecule has 1 aromatic heterocycles. The number of benzene rings is 2. The number of carbonyl (C=O) groups excluding carboxylic acids is 1. The zero-order chi connectivity index (χ0) is 23.3. The fraction of sp³-hybridized carbons (Fsp3) is 0.393. The van der Waals surface area contributed by atoms with E-state index in [4.69, 9.17) is 0 Å². The second-order valence-corrected chi connectivity index (χ2v) is 9.42. The molecule has 1 N–H and O–H groups in total. The number of hydrogen-bond donors (Lipinski definition) is 1. The fourth-order valence-electron chi connectivity index (χ4n) is 3.63. The quantitative estimate of drug-likeness (QED) is 0.209. The predicted molar refractivity (Wildman–Crippen MR) is 141 cm³/mol. The van der Waals surface area contributed by atoms with Gasteiger partial charge in [-0.15, -0.1) is 10.2 Å². The Morgan fingerprint density at radius 1 is 0.818 bits per heavy atom. The van der Waals surface area contributed by atoms with Crippen molar-refractivity contribution < 1.29 is 4.79 Å². The van der Waals surface area contributed by atoms with Gasteiger partial charge in [0.15, 0.2) is 0 Å². The smallest absolute Gasteiger partial charge is 0.250 e. The average Bonchev–Trinajstić information content (AvgIpc) is 3.30. The van der Waals surface area contributed by atoms with E-state index in [1.807, 2.05) is 6.08 Å². The summed E-state index contributed by atoms with van der Waals surface area (Å²) in [5.41, 5.74) is 4.73. The van der Waals surface area contributed by atoms with Crippen LogP contribution in [-0.4, -0.2) is 16.1 Å². The van der Waals surface area contributed by atoms with Crippen molar-refractivity contribution in [1.29, 1.82) is 0 Å². The van der Waals surface area contributed by atoms with Gasteiger partial charge in [0.05, 0.1) is 0 Å². The second-order valence-electron chi connectivity index (χ2n) is 8.44. The molecule has 0 saturated heterocycles. The number of aryl methyl sites for hydroxylation is 2. The Hall–Kier alpha value is -2.79. The van der Waals surface area contributed by atoms with Crippen LogP contribution in [0.4, 0.5) is 5.13 Å². The Morgan fingerprint density at radius 3 is 2.15 bits per heavy atom. The molecule has 2 aromatic carbocycles. The Kier molecular flexibility index (Phi) is 10.3. The standard InChI is InChI=1S/C28H35N3OS/c1-3-5-7-8-9-11-23-12-14-24(15-13-23)18-21-26(32)29-28-31-30-27(33-28)25-19-16-22(17-20-25)10-6-4-2/h12-21H,3-11H2,1-2H3,(H,29,31,32)/b21-18+. The number of nitrogens with one attached hydrogen (secondary N) is 1. The largest absolute Gasteiger partial charge is 0.297 e. The summed E-state index contributed by atoms with van der Waals surface area (Å²) in [6, 6.07) is 16.9. The van der Waals surface area contributed by atoms with Crippen molar-refractivity contribution >= 4 is 28.5 Å². The SMILES string of the molecule is CCCCCCCc1ccc(/C=C/C(=O)Nc2nnc(-c3ccc(CCCC)cc3)s2)cc1. The molecule has 0 aliphatic carbocycles. The van der Waals surface area contributed by atoms with Crippen molar-refractivity contribution in [2.24, 2.45) is 0 Å². The molecule has 0 atom stereocenters. The zero-order valence-corrected chi connectivity index (χ0v) is 20.7. The molecule has 0 saturated carbocycles. The average molecular weight is 462 g/mol. The molecule has 1 heterocycles. The molecule has 33 heavy (non-hydrogen) atoms. The lowest BCUT2D eigenvalue weighted by Crippen LogP contribution is -2.07. The van der Waals surface area contributed by atoms with Gasteiger partial charge in [0.2, 0.25) is 11.0 Å². The van der Waals surface area contributed by atoms with Gasteiger partial charge < -0.3 is 0 Å². The maximum atomic E-state index is 12.3. The highest BCUT2D eigenvalue weighted by molar-refractivity contribution is 7.18. The van der Waals surface area contributed by atoms with E-state index in [0.717, 1.165) is 29.0 Å². The highest BCUT2D eigenvalue weighted by Crippen LogP contribution is 2.26. The molecule has 0 bridgehead atoms. The third-order valence-electron chi connectivity index (χ3n) is 5.65. The van der Waals surface area contributed by atoms with Gasteiger partial charge in [-0.3, -0.25) is 10.1 Å². The lowest BCUT2D eigenvalue weighted by molar-refractivity contribution is -0.111. The van der Waals surface area contributed by atoms with Crippen LogP contribution in [-0.2, 0) is 17.6 Å². The summed E-state index contributed by atoms with van der Waals surface area (Å²) in [4.78, 5) is 12.3. The number of anilines is 1. The third-order valence-corrected chi connectivity index (χ3v) is 6.54. The molecule has 0 unspecified atom stereocenters. The first-order valence-electron chi connectivity index (χ1n) is 12.2. The molecule has 0 aliphatic heterocycles. The van der Waals surface area contributed by atoms with Crippen LogP contribution in [0.25, 0.3) is 16.6 Å². The fourth-order valence-corrected chi connectivity index (χ4v) is 4.38. The van der Waals surface area contributed by atoms with Crippen LogP contribution >= 0.6 is 11.3 Å². The minimum Gasteiger partial charge on any atom is -0.297 e. The van der Waals surface area contributed by atoms with Gasteiger partial charge in [0.25, 0.3) is 0 Å².